The molecule has 0 aromatic rings. The second kappa shape index (κ2) is 30.7. The summed E-state index contributed by atoms with van der Waals surface area (Å²) in [5, 5.41) is 16.7. The first-order valence-corrected chi connectivity index (χ1v) is 16.8. The highest BCUT2D eigenvalue weighted by molar-refractivity contribution is 5.47. The van der Waals surface area contributed by atoms with Crippen molar-refractivity contribution in [3.8, 4) is 0 Å². The number of quaternary nitrogens is 2. The third-order valence-electron chi connectivity index (χ3n) is 9.00. The number of carbonyl (C=O) groups excluding carboxylic acids is 1. The molecule has 0 aliphatic heterocycles. The summed E-state index contributed by atoms with van der Waals surface area (Å²) in [6.45, 7) is 29.3. The predicted molar refractivity (Wildman–Crippen MR) is 164 cm³/mol. The molecule has 0 spiro atoms. The minimum absolute atomic E-state index is 1.31. The van der Waals surface area contributed by atoms with Gasteiger partial charge in [0.1, 0.15) is 0 Å². The van der Waals surface area contributed by atoms with Crippen molar-refractivity contribution in [3.63, 3.8) is 0 Å². The number of nitrogens with zero attached hydrogens (tertiary/aromatic N) is 2. The maximum absolute atomic E-state index is 8.33. The van der Waals surface area contributed by atoms with Crippen LogP contribution in [-0.2, 0) is 0 Å². The molecular formula is C33H72N2O3. The molecule has 5 heteroatoms. The number of carbonyl (C=O) groups is 1. The number of carboxylic acid groups (broad SMARTS) is 2. The molecule has 0 saturated heterocycles. The molecule has 0 aliphatic carbocycles. The van der Waals surface area contributed by atoms with E-state index in [0.29, 0.717) is 0 Å². The summed E-state index contributed by atoms with van der Waals surface area (Å²) < 4.78 is 2.66. The molecule has 0 amide bonds. The molecule has 0 aromatic heterocycles. The average Bonchev–Trinajstić information content (AvgIpc) is 2.92. The van der Waals surface area contributed by atoms with E-state index in [1.807, 2.05) is 0 Å². The molecular weight excluding hydrogens is 472 g/mol. The second-order valence-corrected chi connectivity index (χ2v) is 11.2. The molecule has 0 rings (SSSR count). The topological polar surface area (TPSA) is 63.2 Å². The Hall–Kier alpha value is -0.810. The van der Waals surface area contributed by atoms with Crippen molar-refractivity contribution in [1.29, 1.82) is 0 Å². The van der Waals surface area contributed by atoms with Gasteiger partial charge in [-0.2, -0.15) is 0 Å². The van der Waals surface area contributed by atoms with Crippen molar-refractivity contribution in [2.75, 3.05) is 52.4 Å². The molecule has 0 saturated carbocycles. The van der Waals surface area contributed by atoms with Gasteiger partial charge in [0, 0.05) is 0 Å². The van der Waals surface area contributed by atoms with Crippen molar-refractivity contribution >= 4 is 6.16 Å². The van der Waals surface area contributed by atoms with Crippen molar-refractivity contribution in [2.24, 2.45) is 0 Å². The van der Waals surface area contributed by atoms with Crippen LogP contribution in [0.3, 0.4) is 0 Å². The lowest BCUT2D eigenvalue weighted by Crippen LogP contribution is -2.48. The normalized spacial score (nSPS) is 11.4. The van der Waals surface area contributed by atoms with Gasteiger partial charge < -0.3 is 24.0 Å². The van der Waals surface area contributed by atoms with E-state index in [4.69, 9.17) is 15.0 Å². The lowest BCUT2D eigenvalue weighted by molar-refractivity contribution is -0.923. The van der Waals surface area contributed by atoms with Gasteiger partial charge in [-0.05, 0) is 73.4 Å². The zero-order valence-corrected chi connectivity index (χ0v) is 27.6. The van der Waals surface area contributed by atoms with Crippen LogP contribution in [0.1, 0.15) is 158 Å². The Morgan fingerprint density at radius 1 is 0.395 bits per heavy atom. The Kier molecular flexibility index (Phi) is 33.7. The van der Waals surface area contributed by atoms with E-state index in [1.165, 1.54) is 164 Å². The molecule has 0 atom stereocenters. The number of hydrogen-bond donors (Lipinski definition) is 0. The fourth-order valence-electron chi connectivity index (χ4n) is 5.45. The summed E-state index contributed by atoms with van der Waals surface area (Å²) in [5.41, 5.74) is 0. The molecule has 0 fully saturated rings. The van der Waals surface area contributed by atoms with Crippen LogP contribution in [0.25, 0.3) is 0 Å². The van der Waals surface area contributed by atoms with E-state index in [2.05, 4.69) is 55.4 Å². The monoisotopic (exact) mass is 545 g/mol. The van der Waals surface area contributed by atoms with E-state index in [0.717, 1.165) is 0 Å². The van der Waals surface area contributed by atoms with Crippen LogP contribution in [0.5, 0.6) is 0 Å². The molecule has 0 aliphatic rings. The van der Waals surface area contributed by atoms with Gasteiger partial charge in [-0.25, -0.2) is 0 Å². The van der Waals surface area contributed by atoms with Crippen LogP contribution in [0.15, 0.2) is 0 Å². The van der Waals surface area contributed by atoms with E-state index in [-0.39, 0.29) is 0 Å². The summed E-state index contributed by atoms with van der Waals surface area (Å²) in [4.78, 5) is 8.33. The SMILES string of the molecule is CCCCCCCCCC[N+](CC)(CC)CC.CCCCCCCCCC[N+](CC)(CC)CC.O=C([O-])[O-]. The Morgan fingerprint density at radius 3 is 0.763 bits per heavy atom. The van der Waals surface area contributed by atoms with Crippen molar-refractivity contribution in [3.05, 3.63) is 0 Å². The summed E-state index contributed by atoms with van der Waals surface area (Å²) in [7, 11) is 0. The highest BCUT2D eigenvalue weighted by Gasteiger charge is 2.20. The quantitative estimate of drug-likeness (QED) is 0.0930. The zero-order chi connectivity index (χ0) is 29.5. The molecule has 0 bridgehead atoms. The van der Waals surface area contributed by atoms with Gasteiger partial charge in [0.05, 0.1) is 52.4 Å². The first kappa shape index (κ1) is 41.7. The summed E-state index contributed by atoms with van der Waals surface area (Å²) >= 11 is 0. The summed E-state index contributed by atoms with van der Waals surface area (Å²) in [6, 6.07) is 0. The Labute approximate surface area is 240 Å². The zero-order valence-electron chi connectivity index (χ0n) is 27.6. The van der Waals surface area contributed by atoms with Crippen LogP contribution >= 0.6 is 0 Å². The third kappa shape index (κ3) is 26.8. The lowest BCUT2D eigenvalue weighted by Gasteiger charge is -2.35. The van der Waals surface area contributed by atoms with Gasteiger partial charge in [0.2, 0.25) is 0 Å². The van der Waals surface area contributed by atoms with Gasteiger partial charge in [0.25, 0.3) is 0 Å². The van der Waals surface area contributed by atoms with Crippen molar-refractivity contribution < 1.29 is 24.0 Å². The van der Waals surface area contributed by atoms with Crippen LogP contribution < -0.4 is 10.2 Å². The third-order valence-corrected chi connectivity index (χ3v) is 9.00. The molecule has 5 nitrogen and oxygen atoms in total. The van der Waals surface area contributed by atoms with E-state index in [1.54, 1.807) is 0 Å². The number of unbranched alkanes of at least 4 members (excludes halogenated alkanes) is 14. The average molecular weight is 545 g/mol. The fraction of sp³-hybridized carbons (Fsp3) is 0.970. The maximum atomic E-state index is 8.33. The first-order valence-electron chi connectivity index (χ1n) is 16.8. The molecule has 0 N–H and O–H groups in total. The smallest absolute Gasteiger partial charge is 0.0786 e. The van der Waals surface area contributed by atoms with E-state index >= 15 is 0 Å². The fourth-order valence-corrected chi connectivity index (χ4v) is 5.45. The minimum Gasteiger partial charge on any atom is -0.652 e. The van der Waals surface area contributed by atoms with Crippen molar-refractivity contribution in [1.82, 2.24) is 0 Å². The summed E-state index contributed by atoms with van der Waals surface area (Å²) in [5.74, 6) is 0. The number of rotatable bonds is 24. The van der Waals surface area contributed by atoms with Gasteiger partial charge in [0.15, 0.2) is 0 Å². The van der Waals surface area contributed by atoms with Crippen LogP contribution in [0, 0.1) is 0 Å². The van der Waals surface area contributed by atoms with Gasteiger partial charge in [-0.1, -0.05) is 90.9 Å². The standard InChI is InChI=1S/2C16H36N.CH2O3/c2*1-5-9-10-11-12-13-14-15-16-17(6-2,7-3)8-4;2-1(3)4/h2*5-16H2,1-4H3;(H2,2,3,4)/q2*+1;/p-2. The second-order valence-electron chi connectivity index (χ2n) is 11.2. The van der Waals surface area contributed by atoms with Crippen molar-refractivity contribution in [2.45, 2.75) is 158 Å². The molecule has 0 unspecified atom stereocenters. The maximum Gasteiger partial charge on any atom is 0.0786 e. The number of hydrogen-bond acceptors (Lipinski definition) is 3. The highest BCUT2D eigenvalue weighted by atomic mass is 16.6. The Balaban J connectivity index is -0.000000564. The van der Waals surface area contributed by atoms with Crippen LogP contribution in [0.2, 0.25) is 0 Å². The molecule has 0 aromatic carbocycles. The van der Waals surface area contributed by atoms with E-state index < -0.39 is 6.16 Å². The van der Waals surface area contributed by atoms with E-state index in [9.17, 15) is 0 Å². The minimum atomic E-state index is -2.33. The highest BCUT2D eigenvalue weighted by Crippen LogP contribution is 2.14. The van der Waals surface area contributed by atoms with Crippen LogP contribution in [0.4, 0.5) is 4.79 Å². The van der Waals surface area contributed by atoms with Gasteiger partial charge in [-0.3, -0.25) is 0 Å². The molecule has 38 heavy (non-hydrogen) atoms. The Morgan fingerprint density at radius 2 is 0.579 bits per heavy atom. The largest absolute Gasteiger partial charge is 0.652 e. The summed E-state index contributed by atoms with van der Waals surface area (Å²) in [6.07, 6.45) is 20.7. The molecule has 232 valence electrons. The van der Waals surface area contributed by atoms with Gasteiger partial charge in [-0.15, -0.1) is 0 Å². The first-order chi connectivity index (χ1) is 18.2. The molecule has 0 heterocycles. The van der Waals surface area contributed by atoms with Crippen LogP contribution in [-0.4, -0.2) is 67.5 Å². The molecule has 0 radical (unpaired) electrons. The Bertz CT molecular complexity index is 407. The lowest BCUT2D eigenvalue weighted by atomic mass is 10.1. The predicted octanol–water partition coefficient (Wildman–Crippen LogP) is 7.56. The van der Waals surface area contributed by atoms with Gasteiger partial charge >= 0.3 is 0 Å².